The molecule has 1 fully saturated rings. The smallest absolute Gasteiger partial charge is 0.309 e. The zero-order valence-corrected chi connectivity index (χ0v) is 24.9. The van der Waals surface area contributed by atoms with E-state index >= 15 is 0 Å². The van der Waals surface area contributed by atoms with Gasteiger partial charge in [0.1, 0.15) is 5.60 Å². The third-order valence-corrected chi connectivity index (χ3v) is 8.41. The Bertz CT molecular complexity index is 800. The highest BCUT2D eigenvalue weighted by Gasteiger charge is 2.31. The van der Waals surface area contributed by atoms with Crippen LogP contribution in [0.2, 0.25) is 25.7 Å². The second kappa shape index (κ2) is 14.3. The second-order valence-electron chi connectivity index (χ2n) is 12.6. The zero-order valence-electron chi connectivity index (χ0n) is 23.9. The van der Waals surface area contributed by atoms with Gasteiger partial charge in [0.05, 0.1) is 24.5 Å². The van der Waals surface area contributed by atoms with Gasteiger partial charge in [-0.15, -0.1) is 0 Å². The zero-order chi connectivity index (χ0) is 26.8. The molecule has 1 aromatic carbocycles. The summed E-state index contributed by atoms with van der Waals surface area (Å²) in [5, 5.41) is 0. The standard InChI is InChI=1S/C30H50O5Si/c1-8-9-11-25(29(32)35-30(2,3)4)22-26(28(31)34-20-21-36(5,6)7)18-15-23-13-16-24(17-14-23)27-12-10-19-33-27/h13-14,16-17,25-27H,8-12,15,18-22H2,1-7H3/t25-,26+,27?/m0/s1. The van der Waals surface area contributed by atoms with Crippen molar-refractivity contribution in [1.29, 1.82) is 0 Å². The van der Waals surface area contributed by atoms with Crippen molar-refractivity contribution in [2.75, 3.05) is 13.2 Å². The molecule has 1 unspecified atom stereocenters. The number of hydrogen-bond acceptors (Lipinski definition) is 5. The first kappa shape index (κ1) is 30.6. The van der Waals surface area contributed by atoms with Gasteiger partial charge >= 0.3 is 11.9 Å². The maximum Gasteiger partial charge on any atom is 0.309 e. The van der Waals surface area contributed by atoms with Crippen LogP contribution in [0.25, 0.3) is 0 Å². The molecule has 0 spiro atoms. The third-order valence-electron chi connectivity index (χ3n) is 6.71. The summed E-state index contributed by atoms with van der Waals surface area (Å²) >= 11 is 0. The minimum Gasteiger partial charge on any atom is -0.466 e. The highest BCUT2D eigenvalue weighted by molar-refractivity contribution is 6.76. The van der Waals surface area contributed by atoms with Crippen LogP contribution in [0.1, 0.15) is 89.9 Å². The molecule has 1 saturated heterocycles. The van der Waals surface area contributed by atoms with E-state index in [0.29, 0.717) is 19.4 Å². The number of rotatable bonds is 14. The van der Waals surface area contributed by atoms with Gasteiger partial charge in [-0.2, -0.15) is 0 Å². The van der Waals surface area contributed by atoms with E-state index in [9.17, 15) is 9.59 Å². The van der Waals surface area contributed by atoms with Crippen LogP contribution in [0.5, 0.6) is 0 Å². The van der Waals surface area contributed by atoms with Gasteiger partial charge in [-0.25, -0.2) is 0 Å². The Balaban J connectivity index is 2.09. The van der Waals surface area contributed by atoms with E-state index < -0.39 is 13.7 Å². The molecule has 1 aliphatic heterocycles. The molecule has 0 amide bonds. The lowest BCUT2D eigenvalue weighted by Gasteiger charge is -2.26. The molecular formula is C30H50O5Si. The predicted molar refractivity (Wildman–Crippen MR) is 149 cm³/mol. The summed E-state index contributed by atoms with van der Waals surface area (Å²) < 4.78 is 17.3. The average molecular weight is 519 g/mol. The Kier molecular flexibility index (Phi) is 12.2. The van der Waals surface area contributed by atoms with E-state index in [1.54, 1.807) is 0 Å². The van der Waals surface area contributed by atoms with Crippen molar-refractivity contribution in [3.05, 3.63) is 35.4 Å². The lowest BCUT2D eigenvalue weighted by molar-refractivity contribution is -0.162. The number of esters is 2. The maximum atomic E-state index is 13.2. The predicted octanol–water partition coefficient (Wildman–Crippen LogP) is 7.51. The van der Waals surface area contributed by atoms with Gasteiger partial charge in [0.15, 0.2) is 0 Å². The third kappa shape index (κ3) is 11.6. The van der Waals surface area contributed by atoms with Crippen molar-refractivity contribution in [3.8, 4) is 0 Å². The molecular weight excluding hydrogens is 468 g/mol. The van der Waals surface area contributed by atoms with Crippen LogP contribution in [0, 0.1) is 11.8 Å². The first-order chi connectivity index (χ1) is 16.9. The number of carbonyl (C=O) groups excluding carboxylic acids is 2. The summed E-state index contributed by atoms with van der Waals surface area (Å²) in [6.45, 7) is 15.9. The topological polar surface area (TPSA) is 61.8 Å². The number of carbonyl (C=O) groups is 2. The summed E-state index contributed by atoms with van der Waals surface area (Å²) in [5.74, 6) is -0.981. The van der Waals surface area contributed by atoms with Crippen LogP contribution in [-0.4, -0.2) is 38.8 Å². The van der Waals surface area contributed by atoms with Gasteiger partial charge < -0.3 is 14.2 Å². The average Bonchev–Trinajstić information content (AvgIpc) is 3.32. The van der Waals surface area contributed by atoms with Gasteiger partial charge in [0.2, 0.25) is 0 Å². The number of hydrogen-bond donors (Lipinski definition) is 0. The molecule has 0 radical (unpaired) electrons. The van der Waals surface area contributed by atoms with E-state index in [1.165, 1.54) is 11.1 Å². The van der Waals surface area contributed by atoms with Gasteiger partial charge in [0.25, 0.3) is 0 Å². The number of benzene rings is 1. The van der Waals surface area contributed by atoms with Crippen LogP contribution < -0.4 is 0 Å². The normalized spacial score (nSPS) is 18.0. The van der Waals surface area contributed by atoms with Crippen molar-refractivity contribution < 1.29 is 23.8 Å². The molecule has 36 heavy (non-hydrogen) atoms. The Hall–Kier alpha value is -1.66. The lowest BCUT2D eigenvalue weighted by atomic mass is 9.86. The Labute approximate surface area is 220 Å². The van der Waals surface area contributed by atoms with Crippen molar-refractivity contribution in [3.63, 3.8) is 0 Å². The largest absolute Gasteiger partial charge is 0.466 e. The van der Waals surface area contributed by atoms with E-state index in [-0.39, 0.29) is 29.9 Å². The van der Waals surface area contributed by atoms with Gasteiger partial charge in [-0.1, -0.05) is 63.7 Å². The van der Waals surface area contributed by atoms with Crippen LogP contribution >= 0.6 is 0 Å². The SMILES string of the molecule is CCCC[C@@H](C[C@@H](CCc1ccc(C2CCCO2)cc1)C(=O)OCC[Si](C)(C)C)C(=O)OC(C)(C)C. The molecule has 0 saturated carbocycles. The highest BCUT2D eigenvalue weighted by Crippen LogP contribution is 2.30. The van der Waals surface area contributed by atoms with E-state index in [1.807, 2.05) is 20.8 Å². The van der Waals surface area contributed by atoms with Crippen molar-refractivity contribution in [1.82, 2.24) is 0 Å². The summed E-state index contributed by atoms with van der Waals surface area (Å²) in [4.78, 5) is 26.2. The second-order valence-corrected chi connectivity index (χ2v) is 18.2. The Morgan fingerprint density at radius 2 is 1.72 bits per heavy atom. The van der Waals surface area contributed by atoms with Crippen LogP contribution in [0.15, 0.2) is 24.3 Å². The van der Waals surface area contributed by atoms with Gasteiger partial charge in [0, 0.05) is 14.7 Å². The van der Waals surface area contributed by atoms with Gasteiger partial charge in [-0.3, -0.25) is 9.59 Å². The first-order valence-corrected chi connectivity index (χ1v) is 17.7. The Morgan fingerprint density at radius 3 is 2.28 bits per heavy atom. The molecule has 3 atom stereocenters. The summed E-state index contributed by atoms with van der Waals surface area (Å²) in [7, 11) is -1.30. The van der Waals surface area contributed by atoms with Crippen LogP contribution in [-0.2, 0) is 30.2 Å². The van der Waals surface area contributed by atoms with E-state index in [2.05, 4.69) is 50.8 Å². The summed E-state index contributed by atoms with van der Waals surface area (Å²) in [6, 6.07) is 9.54. The number of ether oxygens (including phenoxy) is 3. The van der Waals surface area contributed by atoms with Crippen molar-refractivity contribution in [2.24, 2.45) is 11.8 Å². The fourth-order valence-corrected chi connectivity index (χ4v) is 5.21. The van der Waals surface area contributed by atoms with E-state index in [0.717, 1.165) is 51.2 Å². The molecule has 0 aliphatic carbocycles. The first-order valence-electron chi connectivity index (χ1n) is 14.0. The molecule has 0 bridgehead atoms. The molecule has 0 N–H and O–H groups in total. The Morgan fingerprint density at radius 1 is 1.06 bits per heavy atom. The van der Waals surface area contributed by atoms with Gasteiger partial charge in [-0.05, 0) is 76.5 Å². The van der Waals surface area contributed by atoms with Crippen LogP contribution in [0.4, 0.5) is 0 Å². The van der Waals surface area contributed by atoms with Crippen molar-refractivity contribution >= 4 is 20.0 Å². The molecule has 2 rings (SSSR count). The number of aryl methyl sites for hydroxylation is 1. The number of unbranched alkanes of at least 4 members (excludes halogenated alkanes) is 1. The molecule has 204 valence electrons. The molecule has 5 nitrogen and oxygen atoms in total. The minimum atomic E-state index is -1.30. The molecule has 1 aliphatic rings. The minimum absolute atomic E-state index is 0.172. The fraction of sp³-hybridized carbons (Fsp3) is 0.733. The maximum absolute atomic E-state index is 13.2. The summed E-state index contributed by atoms with van der Waals surface area (Å²) in [6.07, 6.45) is 6.99. The quantitative estimate of drug-likeness (QED) is 0.188. The monoisotopic (exact) mass is 518 g/mol. The van der Waals surface area contributed by atoms with Crippen LogP contribution in [0.3, 0.4) is 0 Å². The molecule has 1 aromatic rings. The molecule has 1 heterocycles. The summed E-state index contributed by atoms with van der Waals surface area (Å²) in [5.41, 5.74) is 1.88. The van der Waals surface area contributed by atoms with E-state index in [4.69, 9.17) is 14.2 Å². The highest BCUT2D eigenvalue weighted by atomic mass is 28.3. The molecule has 6 heteroatoms. The lowest BCUT2D eigenvalue weighted by Crippen LogP contribution is -2.32. The molecule has 0 aromatic heterocycles. The van der Waals surface area contributed by atoms with Crippen molar-refractivity contribution in [2.45, 2.75) is 116 Å². The fourth-order valence-electron chi connectivity index (χ4n) is 4.50.